The first-order valence-corrected chi connectivity index (χ1v) is 7.20. The third-order valence-corrected chi connectivity index (χ3v) is 2.65. The molecule has 15 heavy (non-hydrogen) atoms. The van der Waals surface area contributed by atoms with Crippen molar-refractivity contribution in [2.45, 2.75) is 64.9 Å². The van der Waals surface area contributed by atoms with Crippen molar-refractivity contribution in [2.75, 3.05) is 6.61 Å². The number of unbranched alkanes of at least 4 members (excludes halogenated alkanes) is 5. The summed E-state index contributed by atoms with van der Waals surface area (Å²) in [5.41, 5.74) is 0.0328. The summed E-state index contributed by atoms with van der Waals surface area (Å²) in [7, 11) is 0. The number of rotatable bonds is 8. The van der Waals surface area contributed by atoms with Gasteiger partial charge < -0.3 is 4.74 Å². The third-order valence-electron chi connectivity index (χ3n) is 2.14. The Morgan fingerprint density at radius 1 is 1.00 bits per heavy atom. The first-order valence-electron chi connectivity index (χ1n) is 5.95. The standard InChI is InChI=1S/C13H25IO/c1-13(2,3)15-12-10-8-6-4-5-7-9-11-14/h9,11H,4-8,10,12H2,1-3H3/b11-9+. The van der Waals surface area contributed by atoms with E-state index >= 15 is 0 Å². The second-order valence-electron chi connectivity index (χ2n) is 4.88. The van der Waals surface area contributed by atoms with Gasteiger partial charge in [0.15, 0.2) is 0 Å². The highest BCUT2D eigenvalue weighted by molar-refractivity contribution is 14.1. The molecule has 0 spiro atoms. The minimum atomic E-state index is 0.0328. The second-order valence-corrected chi connectivity index (χ2v) is 5.60. The first kappa shape index (κ1) is 15.4. The number of hydrogen-bond donors (Lipinski definition) is 0. The molecule has 0 heterocycles. The van der Waals surface area contributed by atoms with Crippen LogP contribution in [0.2, 0.25) is 0 Å². The van der Waals surface area contributed by atoms with Gasteiger partial charge >= 0.3 is 0 Å². The maximum absolute atomic E-state index is 5.66. The van der Waals surface area contributed by atoms with Crippen LogP contribution in [0.5, 0.6) is 0 Å². The van der Waals surface area contributed by atoms with Gasteiger partial charge in [0.2, 0.25) is 0 Å². The molecule has 0 aromatic carbocycles. The maximum Gasteiger partial charge on any atom is 0.0598 e. The molecule has 0 saturated heterocycles. The Labute approximate surface area is 109 Å². The number of ether oxygens (including phenoxy) is 1. The summed E-state index contributed by atoms with van der Waals surface area (Å²) in [4.78, 5) is 0. The maximum atomic E-state index is 5.66. The van der Waals surface area contributed by atoms with Gasteiger partial charge in [-0.2, -0.15) is 0 Å². The van der Waals surface area contributed by atoms with Crippen molar-refractivity contribution in [3.05, 3.63) is 10.2 Å². The molecule has 0 aliphatic carbocycles. The predicted octanol–water partition coefficient (Wildman–Crippen LogP) is 5.09. The zero-order valence-electron chi connectivity index (χ0n) is 10.4. The Kier molecular flexibility index (Phi) is 9.92. The third kappa shape index (κ3) is 14.4. The summed E-state index contributed by atoms with van der Waals surface area (Å²) in [5.74, 6) is 0. The predicted molar refractivity (Wildman–Crippen MR) is 76.6 cm³/mol. The molecule has 0 aromatic rings. The van der Waals surface area contributed by atoms with Gasteiger partial charge in [0.25, 0.3) is 0 Å². The fourth-order valence-corrected chi connectivity index (χ4v) is 1.70. The van der Waals surface area contributed by atoms with Crippen LogP contribution in [-0.4, -0.2) is 12.2 Å². The van der Waals surface area contributed by atoms with Crippen molar-refractivity contribution in [2.24, 2.45) is 0 Å². The monoisotopic (exact) mass is 324 g/mol. The van der Waals surface area contributed by atoms with Crippen molar-refractivity contribution < 1.29 is 4.74 Å². The van der Waals surface area contributed by atoms with E-state index in [9.17, 15) is 0 Å². The van der Waals surface area contributed by atoms with E-state index in [0.717, 1.165) is 6.61 Å². The number of hydrogen-bond acceptors (Lipinski definition) is 1. The summed E-state index contributed by atoms with van der Waals surface area (Å²) in [5, 5.41) is 0. The largest absolute Gasteiger partial charge is 0.376 e. The quantitative estimate of drug-likeness (QED) is 0.446. The summed E-state index contributed by atoms with van der Waals surface area (Å²) in [6.45, 7) is 7.26. The van der Waals surface area contributed by atoms with E-state index in [-0.39, 0.29) is 5.60 Å². The molecule has 2 heteroatoms. The molecule has 0 aliphatic heterocycles. The van der Waals surface area contributed by atoms with E-state index in [1.807, 2.05) is 0 Å². The lowest BCUT2D eigenvalue weighted by atomic mass is 10.1. The molecule has 0 unspecified atom stereocenters. The van der Waals surface area contributed by atoms with Gasteiger partial charge in [-0.3, -0.25) is 0 Å². The highest BCUT2D eigenvalue weighted by Gasteiger charge is 2.08. The topological polar surface area (TPSA) is 9.23 Å². The normalized spacial score (nSPS) is 12.5. The van der Waals surface area contributed by atoms with Crippen LogP contribution in [0.4, 0.5) is 0 Å². The Morgan fingerprint density at radius 3 is 2.20 bits per heavy atom. The second kappa shape index (κ2) is 9.64. The fraction of sp³-hybridized carbons (Fsp3) is 0.846. The summed E-state index contributed by atoms with van der Waals surface area (Å²) >= 11 is 2.28. The highest BCUT2D eigenvalue weighted by Crippen LogP contribution is 2.10. The minimum absolute atomic E-state index is 0.0328. The molecule has 90 valence electrons. The SMILES string of the molecule is CC(C)(C)OCCCCCCC/C=C/I. The minimum Gasteiger partial charge on any atom is -0.376 e. The molecule has 0 atom stereocenters. The lowest BCUT2D eigenvalue weighted by molar-refractivity contribution is -0.00474. The van der Waals surface area contributed by atoms with E-state index in [2.05, 4.69) is 53.5 Å². The van der Waals surface area contributed by atoms with Gasteiger partial charge in [-0.1, -0.05) is 47.9 Å². The summed E-state index contributed by atoms with van der Waals surface area (Å²) in [6.07, 6.45) is 10.0. The van der Waals surface area contributed by atoms with Gasteiger partial charge in [0.1, 0.15) is 0 Å². The van der Waals surface area contributed by atoms with Crippen LogP contribution in [0.25, 0.3) is 0 Å². The van der Waals surface area contributed by atoms with Gasteiger partial charge in [-0.05, 0) is 44.1 Å². The molecule has 0 fully saturated rings. The molecule has 0 amide bonds. The smallest absolute Gasteiger partial charge is 0.0598 e. The first-order chi connectivity index (χ1) is 7.06. The number of halogens is 1. The highest BCUT2D eigenvalue weighted by atomic mass is 127. The van der Waals surface area contributed by atoms with Crippen molar-refractivity contribution in [1.82, 2.24) is 0 Å². The summed E-state index contributed by atoms with van der Waals surface area (Å²) in [6, 6.07) is 0. The van der Waals surface area contributed by atoms with Crippen molar-refractivity contribution in [1.29, 1.82) is 0 Å². The molecule has 0 bridgehead atoms. The average Bonchev–Trinajstić information content (AvgIpc) is 2.14. The van der Waals surface area contributed by atoms with Crippen LogP contribution in [0.3, 0.4) is 0 Å². The van der Waals surface area contributed by atoms with Gasteiger partial charge in [-0.15, -0.1) is 0 Å². The van der Waals surface area contributed by atoms with Crippen LogP contribution in [0.1, 0.15) is 59.3 Å². The lowest BCUT2D eigenvalue weighted by Gasteiger charge is -2.19. The molecule has 0 radical (unpaired) electrons. The van der Waals surface area contributed by atoms with Crippen LogP contribution < -0.4 is 0 Å². The molecule has 0 saturated carbocycles. The molecule has 0 aromatic heterocycles. The van der Waals surface area contributed by atoms with E-state index in [4.69, 9.17) is 4.74 Å². The van der Waals surface area contributed by atoms with Crippen molar-refractivity contribution in [3.8, 4) is 0 Å². The van der Waals surface area contributed by atoms with E-state index in [0.29, 0.717) is 0 Å². The van der Waals surface area contributed by atoms with Gasteiger partial charge in [-0.25, -0.2) is 0 Å². The molecule has 0 N–H and O–H groups in total. The zero-order valence-corrected chi connectivity index (χ0v) is 12.5. The summed E-state index contributed by atoms with van der Waals surface area (Å²) < 4.78 is 7.77. The van der Waals surface area contributed by atoms with Crippen molar-refractivity contribution >= 4 is 22.6 Å². The van der Waals surface area contributed by atoms with E-state index in [1.54, 1.807) is 0 Å². The number of allylic oxidation sites excluding steroid dienone is 1. The van der Waals surface area contributed by atoms with Crippen LogP contribution in [0.15, 0.2) is 10.2 Å². The fourth-order valence-electron chi connectivity index (χ4n) is 1.34. The van der Waals surface area contributed by atoms with Crippen molar-refractivity contribution in [3.63, 3.8) is 0 Å². The van der Waals surface area contributed by atoms with E-state index in [1.165, 1.54) is 38.5 Å². The van der Waals surface area contributed by atoms with Crippen LogP contribution in [-0.2, 0) is 4.74 Å². The molecule has 1 nitrogen and oxygen atoms in total. The molecular weight excluding hydrogens is 299 g/mol. The molecular formula is C13H25IO. The Morgan fingerprint density at radius 2 is 1.60 bits per heavy atom. The Bertz CT molecular complexity index is 158. The lowest BCUT2D eigenvalue weighted by Crippen LogP contribution is -2.19. The van der Waals surface area contributed by atoms with Crippen LogP contribution >= 0.6 is 22.6 Å². The molecule has 0 aliphatic rings. The zero-order chi connectivity index (χ0) is 11.6. The Hall–Kier alpha value is 0.430. The Balaban J connectivity index is 3.05. The van der Waals surface area contributed by atoms with Gasteiger partial charge in [0, 0.05) is 6.61 Å². The van der Waals surface area contributed by atoms with Gasteiger partial charge in [0.05, 0.1) is 5.60 Å². The van der Waals surface area contributed by atoms with E-state index < -0.39 is 0 Å². The van der Waals surface area contributed by atoms with Crippen LogP contribution in [0, 0.1) is 0 Å². The average molecular weight is 324 g/mol. The molecule has 0 rings (SSSR count).